The number of aliphatic hydroxyl groups excluding tert-OH is 1. The van der Waals surface area contributed by atoms with Crippen molar-refractivity contribution in [2.45, 2.75) is 70.8 Å². The molecule has 2 fully saturated rings. The van der Waals surface area contributed by atoms with Gasteiger partial charge in [0, 0.05) is 56.5 Å². The largest absolute Gasteiger partial charge is 0.395 e. The first-order valence-electron chi connectivity index (χ1n) is 15.3. The second-order valence-corrected chi connectivity index (χ2v) is 11.5. The molecule has 5 rings (SSSR count). The number of anilines is 1. The molecule has 1 saturated carbocycles. The molecule has 11 heteroatoms. The number of pyridine rings is 1. The van der Waals surface area contributed by atoms with Gasteiger partial charge >= 0.3 is 6.03 Å². The van der Waals surface area contributed by atoms with Gasteiger partial charge < -0.3 is 31.3 Å². The predicted molar refractivity (Wildman–Crippen MR) is 162 cm³/mol. The van der Waals surface area contributed by atoms with E-state index in [9.17, 15) is 14.4 Å². The number of aromatic nitrogens is 2. The highest BCUT2D eigenvalue weighted by molar-refractivity contribution is 6.00. The van der Waals surface area contributed by atoms with Crippen molar-refractivity contribution in [3.63, 3.8) is 0 Å². The summed E-state index contributed by atoms with van der Waals surface area (Å²) in [6.07, 6.45) is 14.6. The van der Waals surface area contributed by atoms with Crippen LogP contribution in [0, 0.1) is 5.92 Å². The van der Waals surface area contributed by atoms with Crippen LogP contribution < -0.4 is 21.3 Å². The van der Waals surface area contributed by atoms with E-state index in [0.717, 1.165) is 48.6 Å². The Labute approximate surface area is 246 Å². The molecule has 0 spiro atoms. The molecule has 1 saturated heterocycles. The molecule has 0 bridgehead atoms. The lowest BCUT2D eigenvalue weighted by Gasteiger charge is -2.25. The summed E-state index contributed by atoms with van der Waals surface area (Å²) in [7, 11) is 0. The van der Waals surface area contributed by atoms with Gasteiger partial charge in [-0.05, 0) is 55.9 Å². The number of allylic oxidation sites excluding steroid dienone is 4. The molecule has 0 radical (unpaired) electrons. The summed E-state index contributed by atoms with van der Waals surface area (Å²) in [6, 6.07) is 3.69. The SMILES string of the molecule is CC1CC(c2nc3c(C(=O)NCCCN4CCCC4=O)cccn3c2NC2CCCCC2)=CC=C1NC(=O)NCCO. The Balaban J connectivity index is 1.38. The van der Waals surface area contributed by atoms with E-state index in [4.69, 9.17) is 10.1 Å². The van der Waals surface area contributed by atoms with Crippen molar-refractivity contribution in [2.75, 3.05) is 38.1 Å². The topological polar surface area (TPSA) is 140 Å². The quantitative estimate of drug-likeness (QED) is 0.259. The monoisotopic (exact) mass is 577 g/mol. The van der Waals surface area contributed by atoms with E-state index < -0.39 is 0 Å². The van der Waals surface area contributed by atoms with Gasteiger partial charge in [-0.3, -0.25) is 14.0 Å². The molecule has 3 heterocycles. The fourth-order valence-corrected chi connectivity index (χ4v) is 6.10. The summed E-state index contributed by atoms with van der Waals surface area (Å²) >= 11 is 0. The van der Waals surface area contributed by atoms with Gasteiger partial charge in [-0.25, -0.2) is 9.78 Å². The fraction of sp³-hybridized carbons (Fsp3) is 0.548. The normalized spacial score (nSPS) is 19.4. The highest BCUT2D eigenvalue weighted by Gasteiger charge is 2.26. The minimum Gasteiger partial charge on any atom is -0.395 e. The van der Waals surface area contributed by atoms with Crippen LogP contribution in [0.1, 0.15) is 80.8 Å². The maximum absolute atomic E-state index is 13.3. The van der Waals surface area contributed by atoms with Crippen LogP contribution in [0.15, 0.2) is 36.2 Å². The van der Waals surface area contributed by atoms with Crippen LogP contribution in [0.5, 0.6) is 0 Å². The van der Waals surface area contributed by atoms with Crippen LogP contribution in [0.2, 0.25) is 0 Å². The van der Waals surface area contributed by atoms with Crippen LogP contribution in [-0.4, -0.2) is 76.1 Å². The molecule has 1 atom stereocenters. The van der Waals surface area contributed by atoms with E-state index in [1.807, 2.05) is 33.7 Å². The van der Waals surface area contributed by atoms with E-state index >= 15 is 0 Å². The van der Waals surface area contributed by atoms with Crippen LogP contribution in [0.4, 0.5) is 10.6 Å². The van der Waals surface area contributed by atoms with Crippen molar-refractivity contribution in [1.82, 2.24) is 30.2 Å². The number of amides is 4. The van der Waals surface area contributed by atoms with Gasteiger partial charge in [0.25, 0.3) is 5.91 Å². The number of aliphatic hydroxyl groups is 1. The lowest BCUT2D eigenvalue weighted by atomic mass is 9.90. The van der Waals surface area contributed by atoms with Gasteiger partial charge in [0.1, 0.15) is 11.5 Å². The van der Waals surface area contributed by atoms with Crippen LogP contribution in [0.25, 0.3) is 11.2 Å². The lowest BCUT2D eigenvalue weighted by molar-refractivity contribution is -0.127. The Morgan fingerprint density at radius 3 is 2.67 bits per heavy atom. The van der Waals surface area contributed by atoms with Gasteiger partial charge in [0.2, 0.25) is 5.91 Å². The van der Waals surface area contributed by atoms with E-state index in [1.165, 1.54) is 19.3 Å². The molecule has 3 aliphatic rings. The Hall–Kier alpha value is -3.86. The van der Waals surface area contributed by atoms with E-state index in [2.05, 4.69) is 28.2 Å². The molecular formula is C31H43N7O4. The smallest absolute Gasteiger partial charge is 0.319 e. The first-order chi connectivity index (χ1) is 20.4. The highest BCUT2D eigenvalue weighted by atomic mass is 16.3. The summed E-state index contributed by atoms with van der Waals surface area (Å²) in [4.78, 5) is 44.3. The predicted octanol–water partition coefficient (Wildman–Crippen LogP) is 3.42. The zero-order chi connectivity index (χ0) is 29.5. The van der Waals surface area contributed by atoms with Crippen LogP contribution >= 0.6 is 0 Å². The number of carbonyl (C=O) groups is 3. The second-order valence-electron chi connectivity index (χ2n) is 11.5. The lowest BCUT2D eigenvalue weighted by Crippen LogP contribution is -2.38. The molecule has 42 heavy (non-hydrogen) atoms. The number of fused-ring (bicyclic) bond motifs is 1. The van der Waals surface area contributed by atoms with Gasteiger partial charge in [-0.15, -0.1) is 0 Å². The van der Waals surface area contributed by atoms with Gasteiger partial charge in [0.05, 0.1) is 12.2 Å². The molecule has 1 unspecified atom stereocenters. The van der Waals surface area contributed by atoms with E-state index in [0.29, 0.717) is 49.6 Å². The van der Waals surface area contributed by atoms with Crippen molar-refractivity contribution in [2.24, 2.45) is 5.92 Å². The molecule has 11 nitrogen and oxygen atoms in total. The second kappa shape index (κ2) is 13.9. The fourth-order valence-electron chi connectivity index (χ4n) is 6.10. The number of urea groups is 1. The number of hydrogen-bond donors (Lipinski definition) is 5. The van der Waals surface area contributed by atoms with E-state index in [-0.39, 0.29) is 36.9 Å². The molecular weight excluding hydrogens is 534 g/mol. The number of nitrogens with zero attached hydrogens (tertiary/aromatic N) is 3. The third kappa shape index (κ3) is 6.95. The molecule has 1 aliphatic heterocycles. The standard InChI is InChI=1S/C31H43N7O4/c1-21-20-22(12-13-25(21)35-31(42)33-15-19-39)27-29(34-23-8-3-2-4-9-23)38-18-5-10-24(28(38)36-27)30(41)32-14-7-17-37-16-6-11-26(37)40/h5,10,12-13,18,21,23,34,39H,2-4,6-9,11,14-17,19-20H2,1H3,(H,32,41)(H2,33,35,42). The number of hydrogen-bond acceptors (Lipinski definition) is 6. The molecule has 226 valence electrons. The third-order valence-corrected chi connectivity index (χ3v) is 8.38. The zero-order valence-electron chi connectivity index (χ0n) is 24.5. The Morgan fingerprint density at radius 1 is 1.10 bits per heavy atom. The minimum atomic E-state index is -0.339. The first-order valence-corrected chi connectivity index (χ1v) is 15.3. The Morgan fingerprint density at radius 2 is 1.93 bits per heavy atom. The zero-order valence-corrected chi connectivity index (χ0v) is 24.5. The molecule has 2 aromatic heterocycles. The van der Waals surface area contributed by atoms with Gasteiger partial charge in [0.15, 0.2) is 5.65 Å². The number of nitrogens with one attached hydrogen (secondary N) is 4. The maximum Gasteiger partial charge on any atom is 0.319 e. The Bertz CT molecular complexity index is 1360. The molecule has 4 amide bonds. The maximum atomic E-state index is 13.3. The van der Waals surface area contributed by atoms with Gasteiger partial charge in [-0.1, -0.05) is 32.3 Å². The summed E-state index contributed by atoms with van der Waals surface area (Å²) in [6.45, 7) is 4.09. The van der Waals surface area contributed by atoms with Crippen LogP contribution in [0.3, 0.4) is 0 Å². The summed E-state index contributed by atoms with van der Waals surface area (Å²) in [5, 5.41) is 21.3. The van der Waals surface area contributed by atoms with E-state index in [1.54, 1.807) is 6.07 Å². The van der Waals surface area contributed by atoms with Crippen molar-refractivity contribution >= 4 is 34.9 Å². The van der Waals surface area contributed by atoms with Crippen molar-refractivity contribution in [1.29, 1.82) is 0 Å². The average Bonchev–Trinajstić information content (AvgIpc) is 3.58. The summed E-state index contributed by atoms with van der Waals surface area (Å²) in [5.74, 6) is 0.953. The third-order valence-electron chi connectivity index (χ3n) is 8.38. The van der Waals surface area contributed by atoms with Crippen LogP contribution in [-0.2, 0) is 4.79 Å². The minimum absolute atomic E-state index is 0.0440. The molecule has 0 aromatic carbocycles. The number of imidazole rings is 1. The molecule has 2 aliphatic carbocycles. The number of likely N-dealkylation sites (tertiary alicyclic amines) is 1. The first kappa shape index (κ1) is 29.6. The van der Waals surface area contributed by atoms with Crippen molar-refractivity contribution in [3.05, 3.63) is 47.4 Å². The number of rotatable bonds is 11. The molecule has 2 aromatic rings. The number of carbonyl (C=O) groups excluding carboxylic acids is 3. The van der Waals surface area contributed by atoms with Crippen molar-refractivity contribution < 1.29 is 19.5 Å². The van der Waals surface area contributed by atoms with Crippen molar-refractivity contribution in [3.8, 4) is 0 Å². The summed E-state index contributed by atoms with van der Waals surface area (Å²) in [5.41, 5.74) is 3.77. The molecule has 5 N–H and O–H groups in total. The summed E-state index contributed by atoms with van der Waals surface area (Å²) < 4.78 is 1.99. The average molecular weight is 578 g/mol. The highest BCUT2D eigenvalue weighted by Crippen LogP contribution is 2.36. The van der Waals surface area contributed by atoms with Gasteiger partial charge in [-0.2, -0.15) is 0 Å². The Kier molecular flexibility index (Phi) is 9.78.